The van der Waals surface area contributed by atoms with E-state index in [0.717, 1.165) is 26.0 Å². The molecule has 0 heterocycles. The van der Waals surface area contributed by atoms with Crippen LogP contribution in [0.5, 0.6) is 0 Å². The second-order valence-corrected chi connectivity index (χ2v) is 13.2. The van der Waals surface area contributed by atoms with Crippen molar-refractivity contribution in [2.45, 2.75) is 50.2 Å². The number of para-hydroxylation sites is 1. The summed E-state index contributed by atoms with van der Waals surface area (Å²) in [4.78, 5) is 29.5. The van der Waals surface area contributed by atoms with Crippen LogP contribution in [-0.4, -0.2) is 43.8 Å². The van der Waals surface area contributed by atoms with Crippen molar-refractivity contribution in [1.82, 2.24) is 10.2 Å². The highest BCUT2D eigenvalue weighted by Gasteiger charge is 2.35. The smallest absolute Gasteiger partial charge is 0.264 e. The van der Waals surface area contributed by atoms with Gasteiger partial charge in [-0.05, 0) is 60.9 Å². The fourth-order valence-corrected chi connectivity index (χ4v) is 6.60. The van der Waals surface area contributed by atoms with Crippen LogP contribution in [0.2, 0.25) is 0 Å². The molecule has 0 saturated carbocycles. The van der Waals surface area contributed by atoms with Crippen LogP contribution >= 0.6 is 15.9 Å². The maximum atomic E-state index is 15.2. The van der Waals surface area contributed by atoms with Crippen molar-refractivity contribution in [2.24, 2.45) is 0 Å². The maximum absolute atomic E-state index is 15.2. The molecule has 4 aromatic rings. The van der Waals surface area contributed by atoms with E-state index in [2.05, 4.69) is 21.2 Å². The van der Waals surface area contributed by atoms with Crippen molar-refractivity contribution in [3.63, 3.8) is 0 Å². The minimum Gasteiger partial charge on any atom is -0.352 e. The van der Waals surface area contributed by atoms with Gasteiger partial charge in [0.25, 0.3) is 10.0 Å². The summed E-state index contributed by atoms with van der Waals surface area (Å²) >= 11 is 3.47. The zero-order valence-corrected chi connectivity index (χ0v) is 27.0. The van der Waals surface area contributed by atoms with Crippen LogP contribution in [0.1, 0.15) is 31.4 Å². The lowest BCUT2D eigenvalue weighted by molar-refractivity contribution is -0.140. The quantitative estimate of drug-likeness (QED) is 0.179. The Labute approximate surface area is 266 Å². The van der Waals surface area contributed by atoms with E-state index in [-0.39, 0.29) is 35.5 Å². The Bertz CT molecular complexity index is 1670. The number of nitrogens with zero attached hydrogens (tertiary/aromatic N) is 2. The number of anilines is 1. The number of carbonyl (C=O) groups excluding carboxylic acids is 2. The minimum atomic E-state index is -4.37. The monoisotopic (exact) mass is 679 g/mol. The molecule has 0 spiro atoms. The van der Waals surface area contributed by atoms with Crippen LogP contribution in [0, 0.1) is 5.82 Å². The van der Waals surface area contributed by atoms with Gasteiger partial charge >= 0.3 is 0 Å². The Kier molecular flexibility index (Phi) is 11.3. The highest BCUT2D eigenvalue weighted by molar-refractivity contribution is 9.10. The van der Waals surface area contributed by atoms with Crippen LogP contribution < -0.4 is 9.62 Å². The van der Waals surface area contributed by atoms with Gasteiger partial charge in [-0.3, -0.25) is 13.9 Å². The first-order valence-corrected chi connectivity index (χ1v) is 16.5. The first kappa shape index (κ1) is 32.9. The average Bonchev–Trinajstić information content (AvgIpc) is 3.02. The molecule has 0 bridgehead atoms. The topological polar surface area (TPSA) is 86.8 Å². The fraction of sp³-hybridized carbons (Fsp3) is 0.235. The van der Waals surface area contributed by atoms with Gasteiger partial charge in [-0.2, -0.15) is 0 Å². The lowest BCUT2D eigenvalue weighted by atomic mass is 10.0. The van der Waals surface area contributed by atoms with E-state index < -0.39 is 34.3 Å². The molecule has 7 nitrogen and oxygen atoms in total. The summed E-state index contributed by atoms with van der Waals surface area (Å²) in [6.45, 7) is 3.11. The van der Waals surface area contributed by atoms with Crippen LogP contribution in [0.25, 0.3) is 0 Å². The molecule has 0 aliphatic rings. The zero-order chi connectivity index (χ0) is 31.7. The molecule has 0 unspecified atom stereocenters. The second kappa shape index (κ2) is 15.1. The average molecular weight is 681 g/mol. The predicted octanol–water partition coefficient (Wildman–Crippen LogP) is 6.34. The number of nitrogens with one attached hydrogen (secondary N) is 1. The molecule has 0 aliphatic carbocycles. The maximum Gasteiger partial charge on any atom is 0.264 e. The molecular formula is C34H35BrFN3O4S. The largest absolute Gasteiger partial charge is 0.352 e. The molecule has 230 valence electrons. The van der Waals surface area contributed by atoms with Gasteiger partial charge in [-0.1, -0.05) is 95.7 Å². The van der Waals surface area contributed by atoms with E-state index >= 15 is 4.39 Å². The van der Waals surface area contributed by atoms with E-state index in [1.54, 1.807) is 18.2 Å². The molecule has 0 fully saturated rings. The highest BCUT2D eigenvalue weighted by atomic mass is 79.9. The van der Waals surface area contributed by atoms with Gasteiger partial charge in [0, 0.05) is 23.5 Å². The lowest BCUT2D eigenvalue weighted by Crippen LogP contribution is -2.54. The highest BCUT2D eigenvalue weighted by Crippen LogP contribution is 2.27. The summed E-state index contributed by atoms with van der Waals surface area (Å²) < 4.78 is 44.6. The van der Waals surface area contributed by atoms with Gasteiger partial charge in [0.05, 0.1) is 10.6 Å². The van der Waals surface area contributed by atoms with E-state index in [1.165, 1.54) is 35.2 Å². The SMILES string of the molecule is CC[C@H](C)NC(=O)[C@@H](Cc1ccccc1)N(Cc1cccc(Br)c1)C(=O)CN(c1ccccc1F)S(=O)(=O)c1ccccc1. The molecular weight excluding hydrogens is 645 g/mol. The molecule has 44 heavy (non-hydrogen) atoms. The summed E-state index contributed by atoms with van der Waals surface area (Å²) in [5.41, 5.74) is 1.29. The molecule has 4 aromatic carbocycles. The summed E-state index contributed by atoms with van der Waals surface area (Å²) in [7, 11) is -4.37. The molecule has 0 radical (unpaired) electrons. The Balaban J connectivity index is 1.81. The molecule has 2 atom stereocenters. The number of hydrogen-bond donors (Lipinski definition) is 1. The molecule has 0 aromatic heterocycles. The van der Waals surface area contributed by atoms with Crippen LogP contribution in [-0.2, 0) is 32.6 Å². The summed E-state index contributed by atoms with van der Waals surface area (Å²) in [6, 6.07) is 28.5. The fourth-order valence-electron chi connectivity index (χ4n) is 4.71. The number of benzene rings is 4. The van der Waals surface area contributed by atoms with Crippen molar-refractivity contribution in [2.75, 3.05) is 10.8 Å². The standard InChI is InChI=1S/C34H35BrFN3O4S/c1-3-25(2)37-34(41)32(22-26-13-6-4-7-14-26)38(23-27-15-12-16-28(35)21-27)33(40)24-39(31-20-11-10-19-30(31)36)44(42,43)29-17-8-5-9-18-29/h4-21,25,32H,3,22-24H2,1-2H3,(H,37,41)/t25-,32+/m0/s1. The third-order valence-electron chi connectivity index (χ3n) is 7.25. The van der Waals surface area contributed by atoms with Crippen LogP contribution in [0.15, 0.2) is 119 Å². The minimum absolute atomic E-state index is 0.0141. The third-order valence-corrected chi connectivity index (χ3v) is 9.51. The van der Waals surface area contributed by atoms with E-state index in [9.17, 15) is 18.0 Å². The van der Waals surface area contributed by atoms with Gasteiger partial charge < -0.3 is 10.2 Å². The Hall–Kier alpha value is -4.02. The molecule has 2 amide bonds. The Morgan fingerprint density at radius 1 is 0.864 bits per heavy atom. The summed E-state index contributed by atoms with van der Waals surface area (Å²) in [5, 5.41) is 3.00. The molecule has 10 heteroatoms. The van der Waals surface area contributed by atoms with Crippen molar-refractivity contribution in [1.29, 1.82) is 0 Å². The summed E-state index contributed by atoms with van der Waals surface area (Å²) in [6.07, 6.45) is 0.869. The second-order valence-electron chi connectivity index (χ2n) is 10.5. The van der Waals surface area contributed by atoms with Crippen molar-refractivity contribution >= 4 is 43.5 Å². The predicted molar refractivity (Wildman–Crippen MR) is 174 cm³/mol. The van der Waals surface area contributed by atoms with Gasteiger partial charge in [0.1, 0.15) is 18.4 Å². The molecule has 0 saturated heterocycles. The zero-order valence-electron chi connectivity index (χ0n) is 24.6. The molecule has 0 aliphatic heterocycles. The number of halogens is 2. The van der Waals surface area contributed by atoms with E-state index in [1.807, 2.05) is 68.4 Å². The number of sulfonamides is 1. The van der Waals surface area contributed by atoms with Gasteiger partial charge in [-0.15, -0.1) is 0 Å². The first-order valence-electron chi connectivity index (χ1n) is 14.3. The van der Waals surface area contributed by atoms with E-state index in [0.29, 0.717) is 6.42 Å². The molecule has 1 N–H and O–H groups in total. The van der Waals surface area contributed by atoms with Crippen molar-refractivity contribution in [3.05, 3.63) is 131 Å². The van der Waals surface area contributed by atoms with Gasteiger partial charge in [0.2, 0.25) is 11.8 Å². The number of rotatable bonds is 13. The Morgan fingerprint density at radius 2 is 1.48 bits per heavy atom. The third kappa shape index (κ3) is 8.33. The Morgan fingerprint density at radius 3 is 2.11 bits per heavy atom. The van der Waals surface area contributed by atoms with Gasteiger partial charge in [-0.25, -0.2) is 12.8 Å². The van der Waals surface area contributed by atoms with Crippen LogP contribution in [0.4, 0.5) is 10.1 Å². The number of amides is 2. The lowest BCUT2D eigenvalue weighted by Gasteiger charge is -2.34. The van der Waals surface area contributed by atoms with E-state index in [4.69, 9.17) is 0 Å². The van der Waals surface area contributed by atoms with Crippen molar-refractivity contribution in [3.8, 4) is 0 Å². The first-order chi connectivity index (χ1) is 21.1. The van der Waals surface area contributed by atoms with Gasteiger partial charge in [0.15, 0.2) is 0 Å². The summed E-state index contributed by atoms with van der Waals surface area (Å²) in [5.74, 6) is -1.82. The number of hydrogen-bond acceptors (Lipinski definition) is 4. The normalized spacial score (nSPS) is 12.6. The molecule has 4 rings (SSSR count). The van der Waals surface area contributed by atoms with Crippen LogP contribution in [0.3, 0.4) is 0 Å². The van der Waals surface area contributed by atoms with Crippen molar-refractivity contribution < 1.29 is 22.4 Å². The number of carbonyl (C=O) groups is 2.